The average molecular weight is 259 g/mol. The van der Waals surface area contributed by atoms with Crippen molar-refractivity contribution < 1.29 is 25.2 Å². The van der Waals surface area contributed by atoms with E-state index in [9.17, 15) is 20.1 Å². The van der Waals surface area contributed by atoms with Crippen LogP contribution in [0.25, 0.3) is 0 Å². The summed E-state index contributed by atoms with van der Waals surface area (Å²) < 4.78 is 5.80. The molecule has 6 N–H and O–H groups in total. The molecule has 2 rings (SSSR count). The van der Waals surface area contributed by atoms with E-state index in [4.69, 9.17) is 15.6 Å². The van der Waals surface area contributed by atoms with E-state index < -0.39 is 36.5 Å². The normalized spacial score (nSPS) is 30.6. The van der Waals surface area contributed by atoms with Crippen molar-refractivity contribution in [1.29, 1.82) is 0 Å². The Kier molecular flexibility index (Phi) is 3.09. The first-order valence-electron chi connectivity index (χ1n) is 5.11. The molecule has 1 aliphatic heterocycles. The molecule has 18 heavy (non-hydrogen) atoms. The molecule has 1 fully saturated rings. The zero-order valence-electron chi connectivity index (χ0n) is 9.17. The smallest absolute Gasteiger partial charge is 0.351 e. The van der Waals surface area contributed by atoms with E-state index in [0.717, 1.165) is 10.8 Å². The number of rotatable bonds is 2. The predicted octanol–water partition coefficient (Wildman–Crippen LogP) is -3.24. The van der Waals surface area contributed by atoms with Crippen molar-refractivity contribution in [3.63, 3.8) is 0 Å². The highest BCUT2D eigenvalue weighted by atomic mass is 16.6. The Balaban J connectivity index is 2.42. The third-order valence-electron chi connectivity index (χ3n) is 2.74. The van der Waals surface area contributed by atoms with E-state index >= 15 is 0 Å². The number of anilines is 1. The van der Waals surface area contributed by atoms with Crippen LogP contribution in [-0.2, 0) is 4.74 Å². The van der Waals surface area contributed by atoms with Gasteiger partial charge in [0.1, 0.15) is 18.0 Å². The van der Waals surface area contributed by atoms with Gasteiger partial charge in [0.2, 0.25) is 5.79 Å². The number of hydrogen-bond donors (Lipinski definition) is 5. The Morgan fingerprint density at radius 3 is 2.72 bits per heavy atom. The van der Waals surface area contributed by atoms with E-state index in [1.54, 1.807) is 0 Å². The molecule has 0 saturated carbocycles. The number of aliphatic hydroxyl groups excluding tert-OH is 2. The molecule has 0 radical (unpaired) electrons. The van der Waals surface area contributed by atoms with Crippen LogP contribution in [0.4, 0.5) is 5.82 Å². The largest absolute Gasteiger partial charge is 0.394 e. The zero-order chi connectivity index (χ0) is 13.5. The molecule has 1 aromatic heterocycles. The van der Waals surface area contributed by atoms with Gasteiger partial charge in [-0.2, -0.15) is 4.98 Å². The minimum absolute atomic E-state index is 0.0324. The molecule has 0 spiro atoms. The Morgan fingerprint density at radius 1 is 1.56 bits per heavy atom. The van der Waals surface area contributed by atoms with Crippen LogP contribution in [-0.4, -0.2) is 54.6 Å². The van der Waals surface area contributed by atoms with Crippen molar-refractivity contribution in [2.75, 3.05) is 12.3 Å². The van der Waals surface area contributed by atoms with Crippen LogP contribution < -0.4 is 11.4 Å². The van der Waals surface area contributed by atoms with Gasteiger partial charge in [-0.25, -0.2) is 4.79 Å². The molecule has 0 unspecified atom stereocenters. The molecule has 0 aliphatic carbocycles. The van der Waals surface area contributed by atoms with Crippen molar-refractivity contribution in [2.24, 2.45) is 0 Å². The molecule has 9 heteroatoms. The first kappa shape index (κ1) is 12.9. The summed E-state index contributed by atoms with van der Waals surface area (Å²) in [5.41, 5.74) is 4.43. The summed E-state index contributed by atoms with van der Waals surface area (Å²) in [6.07, 6.45) is -3.39. The Bertz CT molecular complexity index is 501. The highest BCUT2D eigenvalue weighted by Crippen LogP contribution is 2.35. The molecular formula is C9H13N3O6. The number of nitrogens with two attached hydrogens (primary N) is 1. The summed E-state index contributed by atoms with van der Waals surface area (Å²) in [5.74, 6) is -2.75. The molecule has 3 atom stereocenters. The van der Waals surface area contributed by atoms with Crippen LogP contribution in [0.15, 0.2) is 17.1 Å². The van der Waals surface area contributed by atoms with Gasteiger partial charge in [0.05, 0.1) is 6.61 Å². The molecule has 0 aromatic carbocycles. The lowest BCUT2D eigenvalue weighted by molar-refractivity contribution is -0.249. The Labute approximate surface area is 101 Å². The number of ether oxygens (including phenoxy) is 1. The molecule has 100 valence electrons. The summed E-state index contributed by atoms with van der Waals surface area (Å²) in [4.78, 5) is 14.9. The van der Waals surface area contributed by atoms with Crippen molar-refractivity contribution in [3.8, 4) is 0 Å². The van der Waals surface area contributed by atoms with Crippen LogP contribution in [0.3, 0.4) is 0 Å². The number of nitrogens with zero attached hydrogens (tertiary/aromatic N) is 2. The topological polar surface area (TPSA) is 151 Å². The summed E-state index contributed by atoms with van der Waals surface area (Å²) in [7, 11) is 0. The van der Waals surface area contributed by atoms with E-state index in [2.05, 4.69) is 4.98 Å². The summed E-state index contributed by atoms with van der Waals surface area (Å²) in [6.45, 7) is -0.627. The first-order valence-corrected chi connectivity index (χ1v) is 5.11. The monoisotopic (exact) mass is 259 g/mol. The molecular weight excluding hydrogens is 246 g/mol. The maximum atomic E-state index is 11.5. The van der Waals surface area contributed by atoms with Crippen LogP contribution in [0.2, 0.25) is 0 Å². The highest BCUT2D eigenvalue weighted by molar-refractivity contribution is 5.23. The second-order valence-corrected chi connectivity index (χ2v) is 3.98. The van der Waals surface area contributed by atoms with Crippen molar-refractivity contribution in [2.45, 2.75) is 24.2 Å². The third kappa shape index (κ3) is 1.87. The van der Waals surface area contributed by atoms with E-state index in [-0.39, 0.29) is 5.82 Å². The summed E-state index contributed by atoms with van der Waals surface area (Å²) in [6, 6.07) is 1.26. The number of hydrogen-bond acceptors (Lipinski definition) is 8. The highest BCUT2D eigenvalue weighted by Gasteiger charge is 2.55. The maximum absolute atomic E-state index is 11.5. The van der Waals surface area contributed by atoms with Gasteiger partial charge in [0.15, 0.2) is 6.23 Å². The van der Waals surface area contributed by atoms with Crippen molar-refractivity contribution in [1.82, 2.24) is 9.55 Å². The molecule has 2 heterocycles. The maximum Gasteiger partial charge on any atom is 0.351 e. The fourth-order valence-corrected chi connectivity index (χ4v) is 1.78. The van der Waals surface area contributed by atoms with Gasteiger partial charge < -0.3 is 30.9 Å². The van der Waals surface area contributed by atoms with Crippen molar-refractivity contribution in [3.05, 3.63) is 22.7 Å². The number of aliphatic hydroxyl groups is 4. The standard InChI is InChI=1S/C9H13N3O6/c10-5-1-2-12(8(15)11-5)7-9(16,17)6(14)4(3-13)18-7/h1-2,4,6-7,13-14,16-17H,3H2,(H2,10,11,15)/t4-,6-,7-/m1/s1. The SMILES string of the molecule is Nc1ccn([C@@H]2O[C@H](CO)[C@@H](O)C2(O)O)c(=O)n1. The van der Waals surface area contributed by atoms with Gasteiger partial charge >= 0.3 is 5.69 Å². The lowest BCUT2D eigenvalue weighted by atomic mass is 10.1. The minimum atomic E-state index is -2.71. The van der Waals surface area contributed by atoms with Gasteiger partial charge in [-0.05, 0) is 6.07 Å². The number of nitrogen functional groups attached to an aromatic ring is 1. The first-order chi connectivity index (χ1) is 8.37. The van der Waals surface area contributed by atoms with Gasteiger partial charge in [0.25, 0.3) is 0 Å². The van der Waals surface area contributed by atoms with Crippen LogP contribution in [0, 0.1) is 0 Å². The molecule has 1 aromatic rings. The van der Waals surface area contributed by atoms with Crippen LogP contribution in [0.5, 0.6) is 0 Å². The molecule has 1 saturated heterocycles. The second kappa shape index (κ2) is 4.30. The van der Waals surface area contributed by atoms with Gasteiger partial charge in [0, 0.05) is 6.20 Å². The van der Waals surface area contributed by atoms with E-state index in [1.165, 1.54) is 6.07 Å². The fourth-order valence-electron chi connectivity index (χ4n) is 1.78. The molecule has 9 nitrogen and oxygen atoms in total. The predicted molar refractivity (Wildman–Crippen MR) is 57.1 cm³/mol. The van der Waals surface area contributed by atoms with Gasteiger partial charge in [-0.1, -0.05) is 0 Å². The summed E-state index contributed by atoms with van der Waals surface area (Å²) >= 11 is 0. The lowest BCUT2D eigenvalue weighted by Crippen LogP contribution is -2.48. The molecule has 1 aliphatic rings. The van der Waals surface area contributed by atoms with Crippen LogP contribution >= 0.6 is 0 Å². The molecule has 0 amide bonds. The quantitative estimate of drug-likeness (QED) is 0.347. The lowest BCUT2D eigenvalue weighted by Gasteiger charge is -2.25. The van der Waals surface area contributed by atoms with Gasteiger partial charge in [-0.15, -0.1) is 0 Å². The van der Waals surface area contributed by atoms with E-state index in [0.29, 0.717) is 0 Å². The summed E-state index contributed by atoms with van der Waals surface area (Å²) in [5, 5.41) is 37.9. The Hall–Kier alpha value is -1.52. The Morgan fingerprint density at radius 2 is 2.22 bits per heavy atom. The average Bonchev–Trinajstić information content (AvgIpc) is 2.52. The third-order valence-corrected chi connectivity index (χ3v) is 2.74. The van der Waals surface area contributed by atoms with E-state index in [1.807, 2.05) is 0 Å². The second-order valence-electron chi connectivity index (χ2n) is 3.98. The fraction of sp³-hybridized carbons (Fsp3) is 0.556. The van der Waals surface area contributed by atoms with Crippen LogP contribution in [0.1, 0.15) is 6.23 Å². The zero-order valence-corrected chi connectivity index (χ0v) is 9.17. The number of aromatic nitrogens is 2. The van der Waals surface area contributed by atoms with Gasteiger partial charge in [-0.3, -0.25) is 4.57 Å². The molecule has 0 bridgehead atoms. The minimum Gasteiger partial charge on any atom is -0.394 e. The van der Waals surface area contributed by atoms with Crippen molar-refractivity contribution >= 4 is 5.82 Å².